The summed E-state index contributed by atoms with van der Waals surface area (Å²) in [7, 11) is 4.57. The topological polar surface area (TPSA) is 77.0 Å². The first kappa shape index (κ1) is 20.2. The fourth-order valence-corrected chi connectivity index (χ4v) is 4.08. The molecule has 0 spiro atoms. The van der Waals surface area contributed by atoms with Crippen molar-refractivity contribution in [2.75, 3.05) is 34.5 Å². The van der Waals surface area contributed by atoms with Gasteiger partial charge in [-0.1, -0.05) is 30.3 Å². The van der Waals surface area contributed by atoms with E-state index in [1.54, 1.807) is 19.2 Å². The number of hydrogen-bond donors (Lipinski definition) is 2. The first-order chi connectivity index (χ1) is 13.6. The molecule has 2 unspecified atom stereocenters. The maximum absolute atomic E-state index is 13.3. The molecule has 0 bridgehead atoms. The van der Waals surface area contributed by atoms with Gasteiger partial charge in [0.25, 0.3) is 0 Å². The van der Waals surface area contributed by atoms with Crippen molar-refractivity contribution >= 4 is 5.78 Å². The molecule has 0 amide bonds. The Morgan fingerprint density at radius 2 is 1.79 bits per heavy atom. The molecule has 6 nitrogen and oxygen atoms in total. The molecule has 1 aliphatic heterocycles. The van der Waals surface area contributed by atoms with E-state index in [0.717, 1.165) is 5.56 Å². The maximum atomic E-state index is 13.3. The van der Waals surface area contributed by atoms with Crippen LogP contribution in [0.15, 0.2) is 42.5 Å². The van der Waals surface area contributed by atoms with Crippen molar-refractivity contribution in [2.24, 2.45) is 0 Å². The predicted molar refractivity (Wildman–Crippen MR) is 107 cm³/mol. The molecule has 2 N–H and O–H groups in total. The summed E-state index contributed by atoms with van der Waals surface area (Å²) in [5.41, 5.74) is 1.30. The van der Waals surface area contributed by atoms with Gasteiger partial charge in [0.05, 0.1) is 32.9 Å². The zero-order chi connectivity index (χ0) is 20.1. The smallest absolute Gasteiger partial charge is 0.204 e. The molecule has 3 rings (SSSR count). The summed E-state index contributed by atoms with van der Waals surface area (Å²) in [6.07, 6.45) is 1.20. The number of aliphatic hydroxyl groups is 1. The van der Waals surface area contributed by atoms with E-state index in [0.29, 0.717) is 42.2 Å². The molecule has 1 fully saturated rings. The third-order valence-electron chi connectivity index (χ3n) is 5.54. The zero-order valence-electron chi connectivity index (χ0n) is 16.5. The zero-order valence-corrected chi connectivity index (χ0v) is 16.5. The Balaban J connectivity index is 1.92. The highest BCUT2D eigenvalue weighted by Crippen LogP contribution is 2.42. The van der Waals surface area contributed by atoms with E-state index in [-0.39, 0.29) is 23.8 Å². The average Bonchev–Trinajstić information content (AvgIpc) is 3.18. The van der Waals surface area contributed by atoms with Crippen molar-refractivity contribution in [1.82, 2.24) is 5.32 Å². The molecule has 1 aliphatic rings. The second kappa shape index (κ2) is 8.63. The molecule has 6 heteroatoms. The molecule has 1 heterocycles. The third kappa shape index (κ3) is 3.57. The molecule has 28 heavy (non-hydrogen) atoms. The lowest BCUT2D eigenvalue weighted by Gasteiger charge is -2.28. The van der Waals surface area contributed by atoms with Crippen LogP contribution in [0.5, 0.6) is 17.2 Å². The Bertz CT molecular complexity index is 823. The third-order valence-corrected chi connectivity index (χ3v) is 5.54. The van der Waals surface area contributed by atoms with Gasteiger partial charge in [-0.05, 0) is 30.5 Å². The number of methoxy groups -OCH3 is 3. The Hall–Kier alpha value is -2.57. The van der Waals surface area contributed by atoms with Crippen LogP contribution >= 0.6 is 0 Å². The molecule has 0 aromatic heterocycles. The van der Waals surface area contributed by atoms with Gasteiger partial charge in [-0.2, -0.15) is 0 Å². The molecule has 2 aromatic rings. The van der Waals surface area contributed by atoms with E-state index in [4.69, 9.17) is 14.2 Å². The maximum Gasteiger partial charge on any atom is 0.204 e. The molecular weight excluding hydrogens is 358 g/mol. The van der Waals surface area contributed by atoms with Crippen molar-refractivity contribution < 1.29 is 24.1 Å². The van der Waals surface area contributed by atoms with Crippen LogP contribution in [0.1, 0.15) is 28.8 Å². The van der Waals surface area contributed by atoms with E-state index in [2.05, 4.69) is 17.4 Å². The lowest BCUT2D eigenvalue weighted by atomic mass is 9.75. The monoisotopic (exact) mass is 385 g/mol. The van der Waals surface area contributed by atoms with Crippen molar-refractivity contribution in [2.45, 2.75) is 24.3 Å². The van der Waals surface area contributed by atoms with Crippen LogP contribution in [-0.2, 0) is 5.41 Å². The summed E-state index contributed by atoms with van der Waals surface area (Å²) in [5.74, 6) is 1.22. The van der Waals surface area contributed by atoms with Crippen molar-refractivity contribution in [3.63, 3.8) is 0 Å². The predicted octanol–water partition coefficient (Wildman–Crippen LogP) is 2.58. The van der Waals surface area contributed by atoms with Crippen LogP contribution in [0.25, 0.3) is 0 Å². The van der Waals surface area contributed by atoms with Gasteiger partial charge in [-0.25, -0.2) is 0 Å². The largest absolute Gasteiger partial charge is 0.493 e. The summed E-state index contributed by atoms with van der Waals surface area (Å²) in [4.78, 5) is 13.3. The summed E-state index contributed by atoms with van der Waals surface area (Å²) in [5, 5.41) is 13.0. The molecule has 0 saturated carbocycles. The SMILES string of the molecule is COc1ccc(C(=O)C2CC(CCO)(c3ccccc3)CN2)c(OC)c1OC. The first-order valence-electron chi connectivity index (χ1n) is 9.33. The van der Waals surface area contributed by atoms with Gasteiger partial charge in [0.2, 0.25) is 5.75 Å². The Morgan fingerprint density at radius 1 is 1.07 bits per heavy atom. The number of aliphatic hydroxyl groups excluding tert-OH is 1. The number of Topliss-reactive ketones (excluding diaryl/α,β-unsaturated/α-hetero) is 1. The second-order valence-corrected chi connectivity index (χ2v) is 7.00. The van der Waals surface area contributed by atoms with E-state index in [1.807, 2.05) is 18.2 Å². The molecule has 0 aliphatic carbocycles. The Morgan fingerprint density at radius 3 is 2.39 bits per heavy atom. The molecule has 1 saturated heterocycles. The summed E-state index contributed by atoms with van der Waals surface area (Å²) in [6, 6.07) is 13.1. The van der Waals surface area contributed by atoms with Gasteiger partial charge in [0, 0.05) is 18.6 Å². The van der Waals surface area contributed by atoms with Crippen LogP contribution in [-0.4, -0.2) is 51.4 Å². The highest BCUT2D eigenvalue weighted by Gasteiger charge is 2.43. The molecule has 2 aromatic carbocycles. The van der Waals surface area contributed by atoms with Crippen LogP contribution in [0.2, 0.25) is 0 Å². The quantitative estimate of drug-likeness (QED) is 0.680. The minimum absolute atomic E-state index is 0.0615. The number of ketones is 1. The van der Waals surface area contributed by atoms with E-state index < -0.39 is 0 Å². The van der Waals surface area contributed by atoms with E-state index in [1.165, 1.54) is 14.2 Å². The highest BCUT2D eigenvalue weighted by atomic mass is 16.5. The second-order valence-electron chi connectivity index (χ2n) is 7.00. The van der Waals surface area contributed by atoms with Crippen molar-refractivity contribution in [3.05, 3.63) is 53.6 Å². The van der Waals surface area contributed by atoms with Gasteiger partial charge in [0.15, 0.2) is 17.3 Å². The van der Waals surface area contributed by atoms with E-state index in [9.17, 15) is 9.90 Å². The summed E-state index contributed by atoms with van der Waals surface area (Å²) < 4.78 is 16.2. The number of hydrogen-bond acceptors (Lipinski definition) is 6. The Labute approximate surface area is 165 Å². The highest BCUT2D eigenvalue weighted by molar-refractivity contribution is 6.03. The Kier molecular flexibility index (Phi) is 6.21. The fraction of sp³-hybridized carbons (Fsp3) is 0.409. The van der Waals surface area contributed by atoms with Crippen LogP contribution < -0.4 is 19.5 Å². The molecular formula is C22H27NO5. The lowest BCUT2D eigenvalue weighted by Crippen LogP contribution is -2.31. The van der Waals surface area contributed by atoms with Gasteiger partial charge in [-0.15, -0.1) is 0 Å². The summed E-state index contributed by atoms with van der Waals surface area (Å²) in [6.45, 7) is 0.695. The van der Waals surface area contributed by atoms with Gasteiger partial charge in [0.1, 0.15) is 0 Å². The van der Waals surface area contributed by atoms with Crippen LogP contribution in [0, 0.1) is 0 Å². The number of carbonyl (C=O) groups excluding carboxylic acids is 1. The van der Waals surface area contributed by atoms with Crippen LogP contribution in [0.3, 0.4) is 0 Å². The number of nitrogens with one attached hydrogen (secondary N) is 1. The minimum atomic E-state index is -0.376. The first-order valence-corrected chi connectivity index (χ1v) is 9.33. The van der Waals surface area contributed by atoms with Crippen molar-refractivity contribution in [1.29, 1.82) is 0 Å². The summed E-state index contributed by atoms with van der Waals surface area (Å²) >= 11 is 0. The fourth-order valence-electron chi connectivity index (χ4n) is 4.08. The average molecular weight is 385 g/mol. The molecule has 150 valence electrons. The minimum Gasteiger partial charge on any atom is -0.493 e. The number of carbonyl (C=O) groups is 1. The number of ether oxygens (including phenoxy) is 3. The number of benzene rings is 2. The molecule has 0 radical (unpaired) electrons. The van der Waals surface area contributed by atoms with Gasteiger partial charge < -0.3 is 24.6 Å². The van der Waals surface area contributed by atoms with Crippen LogP contribution in [0.4, 0.5) is 0 Å². The molecule has 2 atom stereocenters. The van der Waals surface area contributed by atoms with Gasteiger partial charge in [-0.3, -0.25) is 4.79 Å². The van der Waals surface area contributed by atoms with Crippen molar-refractivity contribution in [3.8, 4) is 17.2 Å². The van der Waals surface area contributed by atoms with E-state index >= 15 is 0 Å². The van der Waals surface area contributed by atoms with Gasteiger partial charge >= 0.3 is 0 Å². The lowest BCUT2D eigenvalue weighted by molar-refractivity contribution is 0.0944. The standard InChI is InChI=1S/C22H27NO5/c1-26-18-10-9-16(20(27-2)21(18)28-3)19(25)17-13-22(11-12-24,14-23-17)15-7-5-4-6-8-15/h4-10,17,23-24H,11-14H2,1-3H3. The normalized spacial score (nSPS) is 21.4. The number of rotatable bonds is 8.